The Morgan fingerprint density at radius 1 is 1.27 bits per heavy atom. The molecule has 1 heteroatoms. The van der Waals surface area contributed by atoms with E-state index in [0.29, 0.717) is 5.92 Å². The van der Waals surface area contributed by atoms with Crippen molar-refractivity contribution in [3.63, 3.8) is 0 Å². The predicted molar refractivity (Wildman–Crippen MR) is 47.3 cm³/mol. The molecule has 0 aromatic rings. The lowest BCUT2D eigenvalue weighted by atomic mass is 9.76. The largest absolute Gasteiger partial charge is 0.393 e. The fourth-order valence-corrected chi connectivity index (χ4v) is 1.94. The molecular weight excluding hydrogens is 136 g/mol. The normalized spacial score (nSPS) is 39.5. The average molecular weight is 156 g/mol. The summed E-state index contributed by atoms with van der Waals surface area (Å²) in [5.74, 6) is 2.04. The van der Waals surface area contributed by atoms with E-state index < -0.39 is 0 Å². The van der Waals surface area contributed by atoms with Crippen LogP contribution in [0.5, 0.6) is 0 Å². The molecule has 66 valence electrons. The molecule has 0 radical (unpaired) electrons. The summed E-state index contributed by atoms with van der Waals surface area (Å²) in [6.45, 7) is 6.67. The highest BCUT2D eigenvalue weighted by Crippen LogP contribution is 2.32. The van der Waals surface area contributed by atoms with Gasteiger partial charge in [0.25, 0.3) is 0 Å². The third-order valence-corrected chi connectivity index (χ3v) is 3.14. The Morgan fingerprint density at radius 2 is 1.91 bits per heavy atom. The molecule has 0 bridgehead atoms. The molecule has 1 saturated carbocycles. The van der Waals surface area contributed by atoms with Crippen LogP contribution in [0.2, 0.25) is 0 Å². The van der Waals surface area contributed by atoms with Crippen LogP contribution in [0.3, 0.4) is 0 Å². The monoisotopic (exact) mass is 156 g/mol. The Kier molecular flexibility index (Phi) is 2.94. The predicted octanol–water partition coefficient (Wildman–Crippen LogP) is 2.44. The van der Waals surface area contributed by atoms with Gasteiger partial charge in [-0.15, -0.1) is 0 Å². The minimum absolute atomic E-state index is 0.0313. The van der Waals surface area contributed by atoms with E-state index in [0.717, 1.165) is 18.3 Å². The summed E-state index contributed by atoms with van der Waals surface area (Å²) in [5.41, 5.74) is 0. The minimum Gasteiger partial charge on any atom is -0.393 e. The zero-order chi connectivity index (χ0) is 8.43. The van der Waals surface area contributed by atoms with Crippen molar-refractivity contribution in [2.24, 2.45) is 17.8 Å². The number of aliphatic hydroxyl groups is 1. The lowest BCUT2D eigenvalue weighted by molar-refractivity contribution is 0.0410. The summed E-state index contributed by atoms with van der Waals surface area (Å²) >= 11 is 0. The highest BCUT2D eigenvalue weighted by Gasteiger charge is 2.27. The van der Waals surface area contributed by atoms with Crippen molar-refractivity contribution in [1.29, 1.82) is 0 Å². The van der Waals surface area contributed by atoms with Crippen LogP contribution in [-0.4, -0.2) is 11.2 Å². The van der Waals surface area contributed by atoms with E-state index in [4.69, 9.17) is 0 Å². The molecule has 0 aromatic carbocycles. The molecule has 1 N–H and O–H groups in total. The van der Waals surface area contributed by atoms with Crippen LogP contribution >= 0.6 is 0 Å². The first kappa shape index (κ1) is 9.05. The second kappa shape index (κ2) is 3.57. The van der Waals surface area contributed by atoms with Gasteiger partial charge in [-0.25, -0.2) is 0 Å². The highest BCUT2D eigenvalue weighted by molar-refractivity contribution is 4.78. The fourth-order valence-electron chi connectivity index (χ4n) is 1.94. The molecule has 3 atom stereocenters. The molecule has 1 aliphatic carbocycles. The molecule has 1 aliphatic rings. The molecule has 1 rings (SSSR count). The van der Waals surface area contributed by atoms with Gasteiger partial charge in [-0.1, -0.05) is 20.8 Å². The van der Waals surface area contributed by atoms with Gasteiger partial charge in [0.15, 0.2) is 0 Å². The van der Waals surface area contributed by atoms with E-state index in [1.54, 1.807) is 0 Å². The first-order valence-electron chi connectivity index (χ1n) is 4.79. The van der Waals surface area contributed by atoms with Crippen molar-refractivity contribution in [2.75, 3.05) is 0 Å². The first-order chi connectivity index (χ1) is 5.11. The van der Waals surface area contributed by atoms with Gasteiger partial charge in [0.05, 0.1) is 6.10 Å². The second-order valence-corrected chi connectivity index (χ2v) is 4.36. The van der Waals surface area contributed by atoms with Crippen molar-refractivity contribution >= 4 is 0 Å². The van der Waals surface area contributed by atoms with Crippen LogP contribution in [0.4, 0.5) is 0 Å². The second-order valence-electron chi connectivity index (χ2n) is 4.36. The maximum Gasteiger partial charge on any atom is 0.0568 e. The molecule has 0 saturated heterocycles. The molecule has 1 fully saturated rings. The zero-order valence-electron chi connectivity index (χ0n) is 7.88. The van der Waals surface area contributed by atoms with Crippen LogP contribution in [0.1, 0.15) is 40.0 Å². The van der Waals surface area contributed by atoms with Crippen molar-refractivity contribution < 1.29 is 5.11 Å². The third-order valence-electron chi connectivity index (χ3n) is 3.14. The van der Waals surface area contributed by atoms with Gasteiger partial charge in [-0.2, -0.15) is 0 Å². The third kappa shape index (κ3) is 2.19. The minimum atomic E-state index is -0.0313. The fraction of sp³-hybridized carbons (Fsp3) is 1.00. The Hall–Kier alpha value is -0.0400. The van der Waals surface area contributed by atoms with Crippen molar-refractivity contribution in [3.05, 3.63) is 0 Å². The quantitative estimate of drug-likeness (QED) is 0.618. The van der Waals surface area contributed by atoms with E-state index in [2.05, 4.69) is 20.8 Å². The van der Waals surface area contributed by atoms with Gasteiger partial charge in [-0.05, 0) is 37.0 Å². The van der Waals surface area contributed by atoms with Crippen molar-refractivity contribution in [2.45, 2.75) is 46.1 Å². The van der Waals surface area contributed by atoms with E-state index in [1.165, 1.54) is 12.8 Å². The molecule has 0 aromatic heterocycles. The molecule has 1 nitrogen and oxygen atoms in total. The zero-order valence-corrected chi connectivity index (χ0v) is 7.88. The van der Waals surface area contributed by atoms with Crippen molar-refractivity contribution in [1.82, 2.24) is 0 Å². The summed E-state index contributed by atoms with van der Waals surface area (Å²) in [4.78, 5) is 0. The van der Waals surface area contributed by atoms with Gasteiger partial charge in [0.1, 0.15) is 0 Å². The topological polar surface area (TPSA) is 20.2 Å². The standard InChI is InChI=1S/C10H20O/c1-7(2)9-5-4-8(3)10(11)6-9/h7-11H,4-6H2,1-3H3/t8-,9+,10-/m1/s1. The van der Waals surface area contributed by atoms with Gasteiger partial charge in [0.2, 0.25) is 0 Å². The van der Waals surface area contributed by atoms with Crippen molar-refractivity contribution in [3.8, 4) is 0 Å². The Balaban J connectivity index is 2.40. The van der Waals surface area contributed by atoms with E-state index in [9.17, 15) is 5.11 Å². The number of hydrogen-bond donors (Lipinski definition) is 1. The first-order valence-corrected chi connectivity index (χ1v) is 4.79. The molecule has 11 heavy (non-hydrogen) atoms. The summed E-state index contributed by atoms with van der Waals surface area (Å²) in [5, 5.41) is 9.60. The van der Waals surface area contributed by atoms with Gasteiger partial charge in [0, 0.05) is 0 Å². The maximum atomic E-state index is 9.60. The maximum absolute atomic E-state index is 9.60. The lowest BCUT2D eigenvalue weighted by Gasteiger charge is -2.33. The molecule has 0 aliphatic heterocycles. The van der Waals surface area contributed by atoms with Crippen LogP contribution in [0, 0.1) is 17.8 Å². The van der Waals surface area contributed by atoms with Gasteiger partial charge in [-0.3, -0.25) is 0 Å². The van der Waals surface area contributed by atoms with E-state index >= 15 is 0 Å². The average Bonchev–Trinajstić information content (AvgIpc) is 1.94. The summed E-state index contributed by atoms with van der Waals surface area (Å²) < 4.78 is 0. The Labute approximate surface area is 69.8 Å². The lowest BCUT2D eigenvalue weighted by Crippen LogP contribution is -2.29. The van der Waals surface area contributed by atoms with Crippen LogP contribution in [0.15, 0.2) is 0 Å². The molecule has 0 spiro atoms. The van der Waals surface area contributed by atoms with E-state index in [-0.39, 0.29) is 6.10 Å². The number of rotatable bonds is 1. The van der Waals surface area contributed by atoms with Gasteiger partial charge < -0.3 is 5.11 Å². The summed E-state index contributed by atoms with van der Waals surface area (Å²) in [6, 6.07) is 0. The summed E-state index contributed by atoms with van der Waals surface area (Å²) in [6.07, 6.45) is 3.52. The Morgan fingerprint density at radius 3 is 2.36 bits per heavy atom. The molecule has 0 amide bonds. The molecule has 0 unspecified atom stereocenters. The Bertz CT molecular complexity index is 120. The number of aliphatic hydroxyl groups excluding tert-OH is 1. The molecular formula is C10H20O. The van der Waals surface area contributed by atoms with Crippen LogP contribution < -0.4 is 0 Å². The van der Waals surface area contributed by atoms with Crippen LogP contribution in [0.25, 0.3) is 0 Å². The van der Waals surface area contributed by atoms with Gasteiger partial charge >= 0.3 is 0 Å². The van der Waals surface area contributed by atoms with Crippen LogP contribution in [-0.2, 0) is 0 Å². The smallest absolute Gasteiger partial charge is 0.0568 e. The highest BCUT2D eigenvalue weighted by atomic mass is 16.3. The number of hydrogen-bond acceptors (Lipinski definition) is 1. The van der Waals surface area contributed by atoms with E-state index in [1.807, 2.05) is 0 Å². The SMILES string of the molecule is CC(C)[C@H]1CC[C@@H](C)[C@H](O)C1. The summed E-state index contributed by atoms with van der Waals surface area (Å²) in [7, 11) is 0. The molecule has 0 heterocycles.